The molecule has 3 N–H and O–H groups in total. The molecule has 0 rings (SSSR count). The van der Waals surface area contributed by atoms with E-state index in [1.807, 2.05) is 0 Å². The van der Waals surface area contributed by atoms with Gasteiger partial charge in [0.1, 0.15) is 6.61 Å². The van der Waals surface area contributed by atoms with Gasteiger partial charge in [-0.1, -0.05) is 396 Å². The van der Waals surface area contributed by atoms with Crippen LogP contribution in [0.15, 0.2) is 48.6 Å². The first-order chi connectivity index (χ1) is 43.8. The van der Waals surface area contributed by atoms with Crippen LogP contribution < -0.4 is 5.73 Å². The van der Waals surface area contributed by atoms with Gasteiger partial charge in [0, 0.05) is 19.4 Å². The number of carbonyl (C=O) groups is 2. The lowest BCUT2D eigenvalue weighted by Gasteiger charge is -2.19. The molecule has 0 radical (unpaired) electrons. The van der Waals surface area contributed by atoms with Crippen molar-refractivity contribution >= 4 is 19.8 Å². The Morgan fingerprint density at radius 2 is 0.618 bits per heavy atom. The summed E-state index contributed by atoms with van der Waals surface area (Å²) in [6.45, 7) is 3.71. The first-order valence-electron chi connectivity index (χ1n) is 39.1. The number of ether oxygens (including phenoxy) is 2. The lowest BCUT2D eigenvalue weighted by molar-refractivity contribution is -0.161. The molecule has 89 heavy (non-hydrogen) atoms. The van der Waals surface area contributed by atoms with E-state index in [0.29, 0.717) is 6.42 Å². The van der Waals surface area contributed by atoms with Crippen LogP contribution in [-0.2, 0) is 32.7 Å². The van der Waals surface area contributed by atoms with Crippen molar-refractivity contribution in [3.63, 3.8) is 0 Å². The Morgan fingerprint density at radius 1 is 0.348 bits per heavy atom. The number of phosphoric ester groups is 1. The molecule has 10 heteroatoms. The van der Waals surface area contributed by atoms with Crippen LogP contribution in [0.25, 0.3) is 0 Å². The molecule has 2 unspecified atom stereocenters. The lowest BCUT2D eigenvalue weighted by atomic mass is 10.0. The summed E-state index contributed by atoms with van der Waals surface area (Å²) < 4.78 is 33.3. The number of unbranched alkanes of at least 4 members (excludes halogenated alkanes) is 54. The topological polar surface area (TPSA) is 134 Å². The highest BCUT2D eigenvalue weighted by molar-refractivity contribution is 7.47. The van der Waals surface area contributed by atoms with Crippen molar-refractivity contribution in [3.05, 3.63) is 48.6 Å². The highest BCUT2D eigenvalue weighted by Gasteiger charge is 2.26. The number of phosphoric acid groups is 1. The van der Waals surface area contributed by atoms with E-state index in [2.05, 4.69) is 62.5 Å². The third kappa shape index (κ3) is 74.9. The van der Waals surface area contributed by atoms with Crippen molar-refractivity contribution < 1.29 is 37.6 Å². The fourth-order valence-electron chi connectivity index (χ4n) is 12.0. The molecule has 2 atom stereocenters. The van der Waals surface area contributed by atoms with Gasteiger partial charge >= 0.3 is 19.8 Å². The summed E-state index contributed by atoms with van der Waals surface area (Å²) in [6, 6.07) is 0. The monoisotopic (exact) mass is 1270 g/mol. The van der Waals surface area contributed by atoms with Crippen LogP contribution in [0, 0.1) is 0 Å². The predicted octanol–water partition coefficient (Wildman–Crippen LogP) is 26.0. The van der Waals surface area contributed by atoms with E-state index in [-0.39, 0.29) is 38.6 Å². The Hall–Kier alpha value is -2.03. The van der Waals surface area contributed by atoms with Gasteiger partial charge in [-0.3, -0.25) is 18.6 Å². The molecule has 0 aromatic heterocycles. The summed E-state index contributed by atoms with van der Waals surface area (Å²) in [5, 5.41) is 0. The van der Waals surface area contributed by atoms with Gasteiger partial charge in [-0.25, -0.2) is 4.57 Å². The SMILES string of the molecule is CC/C=C\C/C=C\C/C=C\C/C=C\CCCCCCCCCCCCCCCCCCC(=O)OC(COC(=O)CCCCCCCCCCCCCCCCCCCCCCCCCCCCCCCCCCCCCCCCC)COP(=O)(O)OCCN. The zero-order valence-electron chi connectivity index (χ0n) is 59.2. The van der Waals surface area contributed by atoms with Crippen LogP contribution in [0.5, 0.6) is 0 Å². The molecule has 0 fully saturated rings. The maximum atomic E-state index is 12.8. The van der Waals surface area contributed by atoms with Crippen molar-refractivity contribution in [2.75, 3.05) is 26.4 Å². The molecule has 0 aliphatic rings. The van der Waals surface area contributed by atoms with E-state index in [1.54, 1.807) is 0 Å². The summed E-state index contributed by atoms with van der Waals surface area (Å²) >= 11 is 0. The number of allylic oxidation sites excluding steroid dienone is 8. The summed E-state index contributed by atoms with van der Waals surface area (Å²) in [5.41, 5.74) is 5.41. The molecule has 0 spiro atoms. The fraction of sp³-hybridized carbons (Fsp3) is 0.873. The van der Waals surface area contributed by atoms with Gasteiger partial charge in [-0.2, -0.15) is 0 Å². The van der Waals surface area contributed by atoms with Crippen LogP contribution >= 0.6 is 7.82 Å². The molecule has 0 saturated heterocycles. The van der Waals surface area contributed by atoms with E-state index < -0.39 is 26.5 Å². The van der Waals surface area contributed by atoms with Crippen molar-refractivity contribution in [2.24, 2.45) is 5.73 Å². The number of rotatable bonds is 75. The van der Waals surface area contributed by atoms with Gasteiger partial charge in [-0.15, -0.1) is 0 Å². The van der Waals surface area contributed by atoms with E-state index >= 15 is 0 Å². The predicted molar refractivity (Wildman–Crippen MR) is 386 cm³/mol. The summed E-state index contributed by atoms with van der Waals surface area (Å²) in [5.74, 6) is -0.805. The van der Waals surface area contributed by atoms with Crippen LogP contribution in [0.4, 0.5) is 0 Å². The van der Waals surface area contributed by atoms with Gasteiger partial charge in [0.2, 0.25) is 0 Å². The molecule has 0 amide bonds. The van der Waals surface area contributed by atoms with E-state index in [9.17, 15) is 19.0 Å². The average Bonchev–Trinajstić information content (AvgIpc) is 3.68. The quantitative estimate of drug-likeness (QED) is 0.0264. The second kappa shape index (κ2) is 75.0. The second-order valence-corrected chi connectivity index (χ2v) is 28.0. The fourth-order valence-corrected chi connectivity index (χ4v) is 12.8. The van der Waals surface area contributed by atoms with E-state index in [1.165, 1.54) is 315 Å². The van der Waals surface area contributed by atoms with Crippen molar-refractivity contribution in [1.82, 2.24) is 0 Å². The number of carbonyl (C=O) groups excluding carboxylic acids is 2. The van der Waals surface area contributed by atoms with Crippen molar-refractivity contribution in [1.29, 1.82) is 0 Å². The molecule has 0 aliphatic carbocycles. The highest BCUT2D eigenvalue weighted by Crippen LogP contribution is 2.43. The Balaban J connectivity index is 3.74. The minimum absolute atomic E-state index is 0.0552. The van der Waals surface area contributed by atoms with Gasteiger partial charge in [0.25, 0.3) is 0 Å². The molecule has 0 aromatic rings. The zero-order chi connectivity index (χ0) is 64.4. The Labute approximate surface area is 553 Å². The number of esters is 2. The zero-order valence-corrected chi connectivity index (χ0v) is 60.1. The Kier molecular flexibility index (Phi) is 73.3. The van der Waals surface area contributed by atoms with Crippen molar-refractivity contribution in [2.45, 2.75) is 418 Å². The summed E-state index contributed by atoms with van der Waals surface area (Å²) in [6.07, 6.45) is 96.9. The third-order valence-electron chi connectivity index (χ3n) is 17.7. The van der Waals surface area contributed by atoms with Gasteiger partial charge in [-0.05, 0) is 51.4 Å². The van der Waals surface area contributed by atoms with Gasteiger partial charge in [0.05, 0.1) is 13.2 Å². The summed E-state index contributed by atoms with van der Waals surface area (Å²) in [7, 11) is -4.39. The number of nitrogens with two attached hydrogens (primary N) is 1. The Bertz CT molecular complexity index is 1600. The van der Waals surface area contributed by atoms with Crippen molar-refractivity contribution in [3.8, 4) is 0 Å². The Morgan fingerprint density at radius 3 is 0.921 bits per heavy atom. The molecule has 0 aliphatic heterocycles. The molecular formula is C79H150NO8P. The van der Waals surface area contributed by atoms with Crippen LogP contribution in [0.2, 0.25) is 0 Å². The van der Waals surface area contributed by atoms with E-state index in [4.69, 9.17) is 24.3 Å². The molecule has 0 bridgehead atoms. The first-order valence-corrected chi connectivity index (χ1v) is 40.6. The largest absolute Gasteiger partial charge is 0.472 e. The normalized spacial score (nSPS) is 13.1. The van der Waals surface area contributed by atoms with Crippen LogP contribution in [0.1, 0.15) is 412 Å². The molecule has 0 heterocycles. The standard InChI is InChI=1S/C79H150NO8P/c1-3-5-7-9-11-13-15-17-19-21-23-25-27-29-31-33-34-35-36-37-38-39-40-41-42-44-45-47-49-51-53-55-57-59-61-63-65-67-69-71-78(81)85-75-77(76-87-89(83,84)86-74-73-80)88-79(82)72-70-68-66-64-62-60-58-56-54-52-50-48-46-43-32-30-28-26-24-22-20-18-16-14-12-10-8-6-4-2/h6,8,12,14,18,20,24,26,77H,3-5,7,9-11,13,15-17,19,21-23,25,27-76,80H2,1-2H3,(H,83,84)/b8-6-,14-12-,20-18-,26-24-. The van der Waals surface area contributed by atoms with E-state index in [0.717, 1.165) is 64.2 Å². The minimum atomic E-state index is -4.39. The molecular weight excluding hydrogens is 1120 g/mol. The number of hydrogen-bond acceptors (Lipinski definition) is 8. The average molecular weight is 1270 g/mol. The molecule has 0 saturated carbocycles. The maximum absolute atomic E-state index is 12.8. The maximum Gasteiger partial charge on any atom is 0.472 e. The van der Waals surface area contributed by atoms with Crippen LogP contribution in [-0.4, -0.2) is 49.3 Å². The van der Waals surface area contributed by atoms with Gasteiger partial charge < -0.3 is 20.1 Å². The molecule has 524 valence electrons. The summed E-state index contributed by atoms with van der Waals surface area (Å²) in [4.78, 5) is 35.4. The van der Waals surface area contributed by atoms with Gasteiger partial charge in [0.15, 0.2) is 6.10 Å². The first kappa shape index (κ1) is 87.0. The molecule has 0 aromatic carbocycles. The second-order valence-electron chi connectivity index (χ2n) is 26.6. The smallest absolute Gasteiger partial charge is 0.462 e. The molecule has 9 nitrogen and oxygen atoms in total. The highest BCUT2D eigenvalue weighted by atomic mass is 31.2. The minimum Gasteiger partial charge on any atom is -0.462 e. The third-order valence-corrected chi connectivity index (χ3v) is 18.7. The van der Waals surface area contributed by atoms with Crippen LogP contribution in [0.3, 0.4) is 0 Å². The number of hydrogen-bond donors (Lipinski definition) is 2. The lowest BCUT2D eigenvalue weighted by Crippen LogP contribution is -2.29.